The van der Waals surface area contributed by atoms with Gasteiger partial charge in [-0.1, -0.05) is 12.2 Å². The van der Waals surface area contributed by atoms with Crippen molar-refractivity contribution < 1.29 is 9.47 Å². The highest BCUT2D eigenvalue weighted by Crippen LogP contribution is 2.03. The lowest BCUT2D eigenvalue weighted by molar-refractivity contribution is 0.0321. The van der Waals surface area contributed by atoms with Crippen LogP contribution in [0.1, 0.15) is 0 Å². The van der Waals surface area contributed by atoms with E-state index in [1.165, 1.54) is 4.57 Å². The van der Waals surface area contributed by atoms with Crippen LogP contribution in [-0.2, 0) is 11.3 Å². The molecule has 0 aliphatic carbocycles. The van der Waals surface area contributed by atoms with Crippen LogP contribution in [-0.4, -0.2) is 53.9 Å². The largest absolute Gasteiger partial charge is 0.487 e. The van der Waals surface area contributed by atoms with Crippen molar-refractivity contribution in [3.63, 3.8) is 0 Å². The number of ether oxygens (including phenoxy) is 2. The summed E-state index contributed by atoms with van der Waals surface area (Å²) in [5.41, 5.74) is 5.25. The summed E-state index contributed by atoms with van der Waals surface area (Å²) < 4.78 is 12.3. The summed E-state index contributed by atoms with van der Waals surface area (Å²) in [6, 6.07) is 3.42. The van der Waals surface area contributed by atoms with Gasteiger partial charge in [0.05, 0.1) is 24.7 Å². The van der Waals surface area contributed by atoms with Crippen molar-refractivity contribution in [2.24, 2.45) is 5.73 Å². The minimum atomic E-state index is -0.206. The van der Waals surface area contributed by atoms with E-state index in [4.69, 9.17) is 27.4 Å². The smallest absolute Gasteiger partial charge is 0.293 e. The van der Waals surface area contributed by atoms with E-state index in [9.17, 15) is 4.79 Å². The van der Waals surface area contributed by atoms with Gasteiger partial charge in [-0.15, -0.1) is 0 Å². The number of aromatic nitrogens is 1. The molecule has 1 aliphatic rings. The van der Waals surface area contributed by atoms with Crippen molar-refractivity contribution in [3.8, 4) is 5.75 Å². The second-order valence-corrected chi connectivity index (χ2v) is 5.10. The molecule has 7 heteroatoms. The third-order valence-electron chi connectivity index (χ3n) is 3.08. The molecule has 1 saturated heterocycles. The fraction of sp³-hybridized carbons (Fsp3) is 0.538. The maximum absolute atomic E-state index is 12.1. The van der Waals surface area contributed by atoms with Crippen LogP contribution in [0.5, 0.6) is 5.75 Å². The molecule has 1 aliphatic heterocycles. The molecular formula is C13H19N3O3S. The Kier molecular flexibility index (Phi) is 5.51. The first-order valence-corrected chi connectivity index (χ1v) is 6.98. The maximum atomic E-state index is 12.1. The first-order chi connectivity index (χ1) is 9.66. The molecule has 1 fully saturated rings. The fourth-order valence-electron chi connectivity index (χ4n) is 2.03. The molecule has 6 nitrogen and oxygen atoms in total. The van der Waals surface area contributed by atoms with Gasteiger partial charge in [0.25, 0.3) is 5.56 Å². The Morgan fingerprint density at radius 3 is 2.90 bits per heavy atom. The molecule has 0 amide bonds. The van der Waals surface area contributed by atoms with Crippen LogP contribution in [0, 0.1) is 0 Å². The van der Waals surface area contributed by atoms with Crippen molar-refractivity contribution in [2.45, 2.75) is 6.54 Å². The molecule has 2 rings (SSSR count). The van der Waals surface area contributed by atoms with Crippen LogP contribution in [0.15, 0.2) is 23.1 Å². The predicted octanol–water partition coefficient (Wildman–Crippen LogP) is -0.155. The van der Waals surface area contributed by atoms with E-state index in [1.807, 2.05) is 0 Å². The number of morpholine rings is 1. The highest BCUT2D eigenvalue weighted by atomic mass is 32.1. The van der Waals surface area contributed by atoms with E-state index in [0.29, 0.717) is 12.4 Å². The highest BCUT2D eigenvalue weighted by molar-refractivity contribution is 7.80. The second kappa shape index (κ2) is 7.37. The molecular weight excluding hydrogens is 278 g/mol. The van der Waals surface area contributed by atoms with Gasteiger partial charge >= 0.3 is 0 Å². The van der Waals surface area contributed by atoms with Crippen molar-refractivity contribution in [3.05, 3.63) is 28.7 Å². The summed E-state index contributed by atoms with van der Waals surface area (Å²) in [7, 11) is 0. The molecule has 110 valence electrons. The SMILES string of the molecule is NC(=S)Cn1cccc(OCCN2CCOCC2)c1=O. The average Bonchev–Trinajstić information content (AvgIpc) is 2.43. The Hall–Kier alpha value is -1.44. The van der Waals surface area contributed by atoms with Crippen LogP contribution in [0.4, 0.5) is 0 Å². The quantitative estimate of drug-likeness (QED) is 0.736. The number of nitrogens with zero attached hydrogens (tertiary/aromatic N) is 2. The average molecular weight is 297 g/mol. The van der Waals surface area contributed by atoms with Crippen LogP contribution >= 0.6 is 12.2 Å². The fourth-order valence-corrected chi connectivity index (χ4v) is 2.17. The number of hydrogen-bond acceptors (Lipinski definition) is 5. The Bertz CT molecular complexity index is 512. The summed E-state index contributed by atoms with van der Waals surface area (Å²) in [6.45, 7) is 4.82. The van der Waals surface area contributed by atoms with Crippen LogP contribution in [0.25, 0.3) is 0 Å². The van der Waals surface area contributed by atoms with Gasteiger partial charge in [-0.3, -0.25) is 9.69 Å². The molecule has 0 saturated carbocycles. The van der Waals surface area contributed by atoms with Crippen molar-refractivity contribution in [1.29, 1.82) is 0 Å². The molecule has 2 N–H and O–H groups in total. The minimum absolute atomic E-state index is 0.206. The Balaban J connectivity index is 1.89. The van der Waals surface area contributed by atoms with E-state index >= 15 is 0 Å². The zero-order chi connectivity index (χ0) is 14.4. The van der Waals surface area contributed by atoms with Crippen LogP contribution in [0.3, 0.4) is 0 Å². The van der Waals surface area contributed by atoms with Crippen molar-refractivity contribution in [1.82, 2.24) is 9.47 Å². The zero-order valence-electron chi connectivity index (χ0n) is 11.3. The number of thiocarbonyl (C=S) groups is 1. The lowest BCUT2D eigenvalue weighted by Crippen LogP contribution is -2.39. The van der Waals surface area contributed by atoms with Crippen molar-refractivity contribution >= 4 is 17.2 Å². The van der Waals surface area contributed by atoms with Gasteiger partial charge in [0, 0.05) is 25.8 Å². The minimum Gasteiger partial charge on any atom is -0.487 e. The van der Waals surface area contributed by atoms with Crippen molar-refractivity contribution in [2.75, 3.05) is 39.5 Å². The highest BCUT2D eigenvalue weighted by Gasteiger charge is 2.10. The number of hydrogen-bond donors (Lipinski definition) is 1. The lowest BCUT2D eigenvalue weighted by atomic mass is 10.4. The van der Waals surface area contributed by atoms with Crippen LogP contribution < -0.4 is 16.0 Å². The summed E-state index contributed by atoms with van der Waals surface area (Å²) in [6.07, 6.45) is 1.65. The Morgan fingerprint density at radius 2 is 2.20 bits per heavy atom. The monoisotopic (exact) mass is 297 g/mol. The standard InChI is InChI=1S/C13H19N3O3S/c14-12(20)10-16-3-1-2-11(13(16)17)19-9-6-15-4-7-18-8-5-15/h1-3H,4-10H2,(H2,14,20). The van der Waals surface area contributed by atoms with E-state index in [2.05, 4.69) is 4.90 Å². The van der Waals surface area contributed by atoms with Gasteiger partial charge in [-0.2, -0.15) is 0 Å². The predicted molar refractivity (Wildman–Crippen MR) is 80.2 cm³/mol. The number of rotatable bonds is 6. The van der Waals surface area contributed by atoms with Crippen LogP contribution in [0.2, 0.25) is 0 Å². The third-order valence-corrected chi connectivity index (χ3v) is 3.21. The second-order valence-electron chi connectivity index (χ2n) is 4.57. The van der Waals surface area contributed by atoms with E-state index < -0.39 is 0 Å². The Morgan fingerprint density at radius 1 is 1.45 bits per heavy atom. The zero-order valence-corrected chi connectivity index (χ0v) is 12.1. The maximum Gasteiger partial charge on any atom is 0.293 e. The summed E-state index contributed by atoms with van der Waals surface area (Å²) in [5.74, 6) is 0.331. The molecule has 0 radical (unpaired) electrons. The number of pyridine rings is 1. The Labute approximate surface area is 123 Å². The first-order valence-electron chi connectivity index (χ1n) is 6.57. The molecule has 0 atom stereocenters. The summed E-state index contributed by atoms with van der Waals surface area (Å²) in [4.78, 5) is 14.6. The van der Waals surface area contributed by atoms with E-state index in [0.717, 1.165) is 32.8 Å². The molecule has 2 heterocycles. The first kappa shape index (κ1) is 15.0. The molecule has 0 aromatic carbocycles. The molecule has 1 aromatic rings. The van der Waals surface area contributed by atoms with E-state index in [-0.39, 0.29) is 17.1 Å². The van der Waals surface area contributed by atoms with Gasteiger partial charge in [-0.25, -0.2) is 0 Å². The van der Waals surface area contributed by atoms with Gasteiger partial charge in [0.2, 0.25) is 0 Å². The normalized spacial score (nSPS) is 16.0. The molecule has 1 aromatic heterocycles. The molecule has 0 unspecified atom stereocenters. The summed E-state index contributed by atoms with van der Waals surface area (Å²) in [5, 5.41) is 0. The van der Waals surface area contributed by atoms with Gasteiger partial charge in [0.1, 0.15) is 6.61 Å². The van der Waals surface area contributed by atoms with E-state index in [1.54, 1.807) is 18.3 Å². The molecule has 0 bridgehead atoms. The van der Waals surface area contributed by atoms with Gasteiger partial charge < -0.3 is 19.8 Å². The van der Waals surface area contributed by atoms with Gasteiger partial charge in [-0.05, 0) is 12.1 Å². The molecule has 0 spiro atoms. The number of nitrogens with two attached hydrogens (primary N) is 1. The topological polar surface area (TPSA) is 69.7 Å². The lowest BCUT2D eigenvalue weighted by Gasteiger charge is -2.26. The summed E-state index contributed by atoms with van der Waals surface area (Å²) >= 11 is 4.81. The molecule has 20 heavy (non-hydrogen) atoms. The third kappa shape index (κ3) is 4.29. The van der Waals surface area contributed by atoms with Gasteiger partial charge in [0.15, 0.2) is 5.75 Å².